The summed E-state index contributed by atoms with van der Waals surface area (Å²) in [6.07, 6.45) is 0.536. The molecule has 0 aromatic heterocycles. The summed E-state index contributed by atoms with van der Waals surface area (Å²) < 4.78 is 24.9. The van der Waals surface area contributed by atoms with Crippen LogP contribution < -0.4 is 4.74 Å². The Kier molecular flexibility index (Phi) is 8.33. The molecule has 3 fully saturated rings. The third-order valence-electron chi connectivity index (χ3n) is 8.40. The minimum absolute atomic E-state index is 0.0327. The fourth-order valence-electron chi connectivity index (χ4n) is 6.00. The maximum Gasteiger partial charge on any atom is 0.415 e. The normalized spacial score (nSPS) is 22.5. The van der Waals surface area contributed by atoms with Crippen LogP contribution in [-0.4, -0.2) is 84.6 Å². The van der Waals surface area contributed by atoms with E-state index >= 15 is 0 Å². The van der Waals surface area contributed by atoms with Crippen LogP contribution in [0.1, 0.15) is 38.2 Å². The first kappa shape index (κ1) is 28.4. The molecule has 3 amide bonds. The van der Waals surface area contributed by atoms with E-state index in [1.165, 1.54) is 18.2 Å². The number of rotatable bonds is 6. The summed E-state index contributed by atoms with van der Waals surface area (Å²) in [5.74, 6) is -0.989. The van der Waals surface area contributed by atoms with Crippen LogP contribution in [0.3, 0.4) is 0 Å². The first-order chi connectivity index (χ1) is 19.2. The molecule has 0 bridgehead atoms. The molecule has 0 saturated carbocycles. The van der Waals surface area contributed by atoms with Crippen molar-refractivity contribution in [1.29, 1.82) is 0 Å². The lowest BCUT2D eigenvalue weighted by Gasteiger charge is -2.42. The minimum Gasteiger partial charge on any atom is -0.407 e. The molecule has 8 nitrogen and oxygen atoms in total. The Morgan fingerprint density at radius 1 is 1.05 bits per heavy atom. The number of nitrogens with zero attached hydrogens (tertiary/aromatic N) is 3. The van der Waals surface area contributed by atoms with Crippen molar-refractivity contribution >= 4 is 29.5 Å². The van der Waals surface area contributed by atoms with Gasteiger partial charge in [-0.1, -0.05) is 35.9 Å². The van der Waals surface area contributed by atoms with E-state index in [2.05, 4.69) is 0 Å². The Bertz CT molecular complexity index is 1250. The number of ether oxygens (including phenoxy) is 2. The molecule has 2 unspecified atom stereocenters. The fourth-order valence-corrected chi connectivity index (χ4v) is 6.13. The quantitative estimate of drug-likeness (QED) is 0.507. The Hall–Kier alpha value is -3.17. The van der Waals surface area contributed by atoms with E-state index < -0.39 is 17.3 Å². The van der Waals surface area contributed by atoms with Gasteiger partial charge in [0.05, 0.1) is 24.7 Å². The highest BCUT2D eigenvalue weighted by molar-refractivity contribution is 6.30. The van der Waals surface area contributed by atoms with Gasteiger partial charge in [-0.2, -0.15) is 0 Å². The van der Waals surface area contributed by atoms with Gasteiger partial charge in [0.2, 0.25) is 11.8 Å². The van der Waals surface area contributed by atoms with Crippen molar-refractivity contribution < 1.29 is 28.2 Å². The van der Waals surface area contributed by atoms with Crippen molar-refractivity contribution in [2.75, 3.05) is 45.9 Å². The Labute approximate surface area is 238 Å². The van der Waals surface area contributed by atoms with Gasteiger partial charge in [-0.15, -0.1) is 0 Å². The number of para-hydroxylation sites is 1. The summed E-state index contributed by atoms with van der Waals surface area (Å²) in [4.78, 5) is 45.1. The molecule has 2 atom stereocenters. The summed E-state index contributed by atoms with van der Waals surface area (Å²) >= 11 is 6.14. The number of carbonyl (C=O) groups is 3. The van der Waals surface area contributed by atoms with Crippen molar-refractivity contribution in [2.24, 2.45) is 11.3 Å². The first-order valence-electron chi connectivity index (χ1n) is 13.8. The Morgan fingerprint density at radius 3 is 2.33 bits per heavy atom. The second-order valence-corrected chi connectivity index (χ2v) is 11.6. The summed E-state index contributed by atoms with van der Waals surface area (Å²) in [5.41, 5.74) is 0.504. The van der Waals surface area contributed by atoms with Crippen molar-refractivity contribution in [3.05, 3.63) is 64.9 Å². The summed E-state index contributed by atoms with van der Waals surface area (Å²) in [5, 5.41) is 0.598. The van der Waals surface area contributed by atoms with Crippen LogP contribution in [0.5, 0.6) is 5.75 Å². The van der Waals surface area contributed by atoms with Gasteiger partial charge in [0.25, 0.3) is 0 Å². The highest BCUT2D eigenvalue weighted by atomic mass is 35.5. The molecule has 214 valence electrons. The first-order valence-corrected chi connectivity index (χ1v) is 14.2. The molecule has 0 aliphatic carbocycles. The molecule has 3 heterocycles. The van der Waals surface area contributed by atoms with Crippen LogP contribution >= 0.6 is 11.6 Å². The number of halogens is 2. The molecule has 2 aromatic rings. The lowest BCUT2D eigenvalue weighted by atomic mass is 9.85. The van der Waals surface area contributed by atoms with E-state index in [-0.39, 0.29) is 35.4 Å². The van der Waals surface area contributed by atoms with E-state index in [0.29, 0.717) is 63.8 Å². The average Bonchev–Trinajstić information content (AvgIpc) is 3.38. The number of carbonyl (C=O) groups excluding carboxylic acids is 3. The van der Waals surface area contributed by atoms with E-state index in [4.69, 9.17) is 21.1 Å². The number of benzene rings is 2. The molecule has 40 heavy (non-hydrogen) atoms. The van der Waals surface area contributed by atoms with Crippen LogP contribution in [0.15, 0.2) is 48.5 Å². The molecular weight excluding hydrogens is 537 g/mol. The topological polar surface area (TPSA) is 79.4 Å². The zero-order valence-corrected chi connectivity index (χ0v) is 23.6. The predicted molar refractivity (Wildman–Crippen MR) is 148 cm³/mol. The van der Waals surface area contributed by atoms with Gasteiger partial charge in [0.1, 0.15) is 0 Å². The van der Waals surface area contributed by atoms with Crippen molar-refractivity contribution in [3.8, 4) is 5.75 Å². The van der Waals surface area contributed by atoms with Crippen molar-refractivity contribution in [2.45, 2.75) is 38.6 Å². The zero-order chi connectivity index (χ0) is 28.4. The van der Waals surface area contributed by atoms with E-state index in [1.54, 1.807) is 23.1 Å². The molecule has 0 radical (unpaired) electrons. The highest BCUT2D eigenvalue weighted by Crippen LogP contribution is 2.36. The second-order valence-electron chi connectivity index (χ2n) is 11.2. The van der Waals surface area contributed by atoms with E-state index in [0.717, 1.165) is 5.56 Å². The highest BCUT2D eigenvalue weighted by Gasteiger charge is 2.46. The zero-order valence-electron chi connectivity index (χ0n) is 22.9. The molecule has 3 aliphatic heterocycles. The Balaban J connectivity index is 1.30. The smallest absolute Gasteiger partial charge is 0.407 e. The van der Waals surface area contributed by atoms with Gasteiger partial charge >= 0.3 is 6.09 Å². The van der Waals surface area contributed by atoms with Gasteiger partial charge in [-0.3, -0.25) is 9.59 Å². The van der Waals surface area contributed by atoms with Crippen molar-refractivity contribution in [1.82, 2.24) is 14.7 Å². The van der Waals surface area contributed by atoms with Crippen LogP contribution in [0.4, 0.5) is 9.18 Å². The molecule has 10 heteroatoms. The van der Waals surface area contributed by atoms with Crippen molar-refractivity contribution in [3.63, 3.8) is 0 Å². The third-order valence-corrected chi connectivity index (χ3v) is 8.65. The average molecular weight is 572 g/mol. The molecule has 5 rings (SSSR count). The maximum absolute atomic E-state index is 14.2. The van der Waals surface area contributed by atoms with Crippen LogP contribution in [0.2, 0.25) is 5.02 Å². The molecule has 0 spiro atoms. The number of hydrogen-bond acceptors (Lipinski definition) is 5. The fraction of sp³-hybridized carbons (Fsp3) is 0.500. The number of hydrogen-bond donors (Lipinski definition) is 0. The van der Waals surface area contributed by atoms with Gasteiger partial charge in [0, 0.05) is 49.6 Å². The van der Waals surface area contributed by atoms with Gasteiger partial charge in [0.15, 0.2) is 11.6 Å². The largest absolute Gasteiger partial charge is 0.415 e. The van der Waals surface area contributed by atoms with Crippen LogP contribution in [0, 0.1) is 17.2 Å². The number of amides is 3. The molecular formula is C30H35ClFN3O5. The van der Waals surface area contributed by atoms with Gasteiger partial charge in [-0.05, 0) is 56.5 Å². The lowest BCUT2D eigenvalue weighted by Crippen LogP contribution is -2.55. The third kappa shape index (κ3) is 5.67. The Morgan fingerprint density at radius 2 is 1.73 bits per heavy atom. The second kappa shape index (κ2) is 11.7. The van der Waals surface area contributed by atoms with Gasteiger partial charge in [-0.25, -0.2) is 9.18 Å². The summed E-state index contributed by atoms with van der Waals surface area (Å²) in [6, 6.07) is 12.9. The minimum atomic E-state index is -0.661. The molecule has 3 saturated heterocycles. The predicted octanol–water partition coefficient (Wildman–Crippen LogP) is 4.57. The number of likely N-dealkylation sites (N-methyl/N-ethyl adjacent to an activating group) is 1. The molecule has 0 N–H and O–H groups in total. The molecule has 3 aliphatic rings. The van der Waals surface area contributed by atoms with E-state index in [1.807, 2.05) is 35.8 Å². The standard InChI is InChI=1S/C30H35ClFN3O5/c1-3-35(29(38)40-26-7-5-4-6-24(26)32)25-17-34(16-23(25)20-8-10-22(31)11-9-20)27(36)21-12-14-33(15-13-21)28(37)30(2)18-39-19-30/h4-11,21,23,25H,3,12-19H2,1-2H3. The summed E-state index contributed by atoms with van der Waals surface area (Å²) in [7, 11) is 0. The maximum atomic E-state index is 14.2. The van der Waals surface area contributed by atoms with E-state index in [9.17, 15) is 18.8 Å². The SMILES string of the molecule is CCN(C(=O)Oc1ccccc1F)C1CN(C(=O)C2CCN(C(=O)C3(C)COC3)CC2)CC1c1ccc(Cl)cc1. The monoisotopic (exact) mass is 571 g/mol. The summed E-state index contributed by atoms with van der Waals surface area (Å²) in [6.45, 7) is 6.83. The van der Waals surface area contributed by atoms with Gasteiger partial charge < -0.3 is 24.2 Å². The van der Waals surface area contributed by atoms with Crippen LogP contribution in [0.25, 0.3) is 0 Å². The number of likely N-dealkylation sites (tertiary alicyclic amines) is 2. The number of piperidine rings is 1. The lowest BCUT2D eigenvalue weighted by molar-refractivity contribution is -0.170. The van der Waals surface area contributed by atoms with Crippen LogP contribution in [-0.2, 0) is 14.3 Å². The molecule has 2 aromatic carbocycles.